The molecule has 1 aliphatic heterocycles. The van der Waals surface area contributed by atoms with E-state index in [1.54, 1.807) is 0 Å². The number of carbonyl (C=O) groups excluding carboxylic acids is 1. The van der Waals surface area contributed by atoms with Gasteiger partial charge in [0.1, 0.15) is 12.2 Å². The summed E-state index contributed by atoms with van der Waals surface area (Å²) in [5.41, 5.74) is 0. The van der Waals surface area contributed by atoms with Crippen LogP contribution < -0.4 is 0 Å². The van der Waals surface area contributed by atoms with Crippen LogP contribution in [-0.2, 0) is 9.53 Å². The Morgan fingerprint density at radius 1 is 1.25 bits per heavy atom. The molecular formula is C6H10O6. The Morgan fingerprint density at radius 3 is 2.33 bits per heavy atom. The molecule has 0 amide bonds. The third-order valence-electron chi connectivity index (χ3n) is 1.74. The predicted molar refractivity (Wildman–Crippen MR) is 35.0 cm³/mol. The van der Waals surface area contributed by atoms with Crippen LogP contribution in [0.4, 0.5) is 0 Å². The van der Waals surface area contributed by atoms with E-state index < -0.39 is 37.0 Å². The number of hydrogen-bond acceptors (Lipinski definition) is 6. The van der Waals surface area contributed by atoms with E-state index in [1.807, 2.05) is 0 Å². The number of ether oxygens (including phenoxy) is 1. The Balaban J connectivity index is 2.70. The number of rotatable bonds is 1. The molecule has 4 N–H and O–H groups in total. The van der Waals surface area contributed by atoms with Gasteiger partial charge in [0.15, 0.2) is 12.2 Å². The number of esters is 1. The van der Waals surface area contributed by atoms with Crippen molar-refractivity contribution >= 4 is 5.97 Å². The monoisotopic (exact) mass is 178 g/mol. The van der Waals surface area contributed by atoms with Crippen LogP contribution in [0.3, 0.4) is 0 Å². The van der Waals surface area contributed by atoms with E-state index >= 15 is 0 Å². The normalized spacial score (nSPS) is 42.5. The van der Waals surface area contributed by atoms with Gasteiger partial charge in [-0.15, -0.1) is 0 Å². The largest absolute Gasteiger partial charge is 0.455 e. The third-order valence-corrected chi connectivity index (χ3v) is 1.74. The highest BCUT2D eigenvalue weighted by atomic mass is 16.6. The number of aliphatic hydroxyl groups excluding tert-OH is 4. The SMILES string of the molecule is O=C1OC(CO)[C@H](O)C(O)[C@@H]1O. The van der Waals surface area contributed by atoms with Gasteiger partial charge >= 0.3 is 5.97 Å². The van der Waals surface area contributed by atoms with Gasteiger partial charge in [-0.05, 0) is 0 Å². The molecule has 70 valence electrons. The Bertz CT molecular complexity index is 179. The lowest BCUT2D eigenvalue weighted by Gasteiger charge is -2.32. The average Bonchev–Trinajstić information content (AvgIpc) is 2.08. The van der Waals surface area contributed by atoms with Crippen molar-refractivity contribution in [1.29, 1.82) is 0 Å². The number of hydrogen-bond donors (Lipinski definition) is 4. The maximum atomic E-state index is 10.7. The van der Waals surface area contributed by atoms with Crippen molar-refractivity contribution in [1.82, 2.24) is 0 Å². The molecule has 0 spiro atoms. The molecule has 2 unspecified atom stereocenters. The predicted octanol–water partition coefficient (Wildman–Crippen LogP) is -3.01. The molecule has 1 saturated heterocycles. The molecule has 0 aromatic heterocycles. The molecule has 4 atom stereocenters. The van der Waals surface area contributed by atoms with Gasteiger partial charge in [0.2, 0.25) is 0 Å². The minimum absolute atomic E-state index is 0.587. The van der Waals surface area contributed by atoms with Crippen LogP contribution in [0.5, 0.6) is 0 Å². The van der Waals surface area contributed by atoms with Crippen LogP contribution in [0, 0.1) is 0 Å². The summed E-state index contributed by atoms with van der Waals surface area (Å²) in [6.07, 6.45) is -5.93. The fourth-order valence-electron chi connectivity index (χ4n) is 0.980. The zero-order valence-corrected chi connectivity index (χ0v) is 6.12. The summed E-state index contributed by atoms with van der Waals surface area (Å²) < 4.78 is 4.38. The zero-order valence-electron chi connectivity index (χ0n) is 6.12. The number of cyclic esters (lactones) is 1. The van der Waals surface area contributed by atoms with Crippen molar-refractivity contribution in [2.75, 3.05) is 6.61 Å². The maximum Gasteiger partial charge on any atom is 0.338 e. The second-order valence-electron chi connectivity index (χ2n) is 2.58. The van der Waals surface area contributed by atoms with E-state index in [1.165, 1.54) is 0 Å². The molecule has 1 fully saturated rings. The van der Waals surface area contributed by atoms with Crippen molar-refractivity contribution in [2.45, 2.75) is 24.4 Å². The van der Waals surface area contributed by atoms with Crippen LogP contribution >= 0.6 is 0 Å². The van der Waals surface area contributed by atoms with Gasteiger partial charge in [-0.3, -0.25) is 0 Å². The summed E-state index contributed by atoms with van der Waals surface area (Å²) in [5, 5.41) is 35.5. The average molecular weight is 178 g/mol. The summed E-state index contributed by atoms with van der Waals surface area (Å²) in [6, 6.07) is 0. The van der Waals surface area contributed by atoms with Gasteiger partial charge in [0.05, 0.1) is 6.61 Å². The molecule has 0 aromatic carbocycles. The van der Waals surface area contributed by atoms with Crippen LogP contribution in [0.25, 0.3) is 0 Å². The molecule has 0 radical (unpaired) electrons. The van der Waals surface area contributed by atoms with E-state index in [4.69, 9.17) is 20.4 Å². The highest BCUT2D eigenvalue weighted by Crippen LogP contribution is 2.15. The zero-order chi connectivity index (χ0) is 9.30. The molecule has 1 heterocycles. The van der Waals surface area contributed by atoms with Crippen molar-refractivity contribution in [3.8, 4) is 0 Å². The lowest BCUT2D eigenvalue weighted by Crippen LogP contribution is -2.56. The molecule has 6 heteroatoms. The van der Waals surface area contributed by atoms with E-state index in [2.05, 4.69) is 4.74 Å². The summed E-state index contributed by atoms with van der Waals surface area (Å²) in [7, 11) is 0. The van der Waals surface area contributed by atoms with Crippen LogP contribution in [0.2, 0.25) is 0 Å². The molecule has 1 aliphatic rings. The molecule has 0 saturated carbocycles. The summed E-state index contributed by atoms with van der Waals surface area (Å²) in [6.45, 7) is -0.587. The molecule has 12 heavy (non-hydrogen) atoms. The van der Waals surface area contributed by atoms with Gasteiger partial charge in [-0.25, -0.2) is 4.79 Å². The Kier molecular flexibility index (Phi) is 2.63. The second-order valence-corrected chi connectivity index (χ2v) is 2.58. The first-order valence-corrected chi connectivity index (χ1v) is 3.43. The van der Waals surface area contributed by atoms with E-state index in [0.29, 0.717) is 0 Å². The summed E-state index contributed by atoms with van der Waals surface area (Å²) in [5.74, 6) is -1.04. The highest BCUT2D eigenvalue weighted by molar-refractivity contribution is 5.76. The second kappa shape index (κ2) is 3.36. The topological polar surface area (TPSA) is 107 Å². The molecule has 6 nitrogen and oxygen atoms in total. The minimum atomic E-state index is -1.73. The lowest BCUT2D eigenvalue weighted by molar-refractivity contribution is -0.206. The van der Waals surface area contributed by atoms with E-state index in [-0.39, 0.29) is 0 Å². The van der Waals surface area contributed by atoms with Gasteiger partial charge in [0.25, 0.3) is 0 Å². The van der Waals surface area contributed by atoms with Crippen molar-refractivity contribution in [3.63, 3.8) is 0 Å². The van der Waals surface area contributed by atoms with Gasteiger partial charge in [-0.2, -0.15) is 0 Å². The van der Waals surface area contributed by atoms with E-state index in [0.717, 1.165) is 0 Å². The fraction of sp³-hybridized carbons (Fsp3) is 0.833. The molecule has 0 aliphatic carbocycles. The molecular weight excluding hydrogens is 168 g/mol. The first kappa shape index (κ1) is 9.40. The molecule has 0 bridgehead atoms. The highest BCUT2D eigenvalue weighted by Gasteiger charge is 2.43. The smallest absolute Gasteiger partial charge is 0.338 e. The summed E-state index contributed by atoms with van der Waals surface area (Å²) >= 11 is 0. The van der Waals surface area contributed by atoms with Gasteiger partial charge in [0, 0.05) is 0 Å². The quantitative estimate of drug-likeness (QED) is 0.318. The van der Waals surface area contributed by atoms with Crippen molar-refractivity contribution in [3.05, 3.63) is 0 Å². The fourth-order valence-corrected chi connectivity index (χ4v) is 0.980. The first-order valence-electron chi connectivity index (χ1n) is 3.43. The van der Waals surface area contributed by atoms with Gasteiger partial charge < -0.3 is 25.2 Å². The van der Waals surface area contributed by atoms with Crippen LogP contribution in [0.15, 0.2) is 0 Å². The Morgan fingerprint density at radius 2 is 1.83 bits per heavy atom. The standard InChI is InChI=1S/C6H10O6/c7-1-2-3(8)4(9)5(10)6(11)12-2/h2-5,7-10H,1H2/t2?,3-,4?,5-/m0/s1. The Hall–Kier alpha value is -0.690. The van der Waals surface area contributed by atoms with Crippen molar-refractivity contribution < 1.29 is 30.0 Å². The first-order chi connectivity index (χ1) is 5.57. The van der Waals surface area contributed by atoms with Crippen LogP contribution in [0.1, 0.15) is 0 Å². The molecule has 1 rings (SSSR count). The maximum absolute atomic E-state index is 10.7. The lowest BCUT2D eigenvalue weighted by atomic mass is 10.0. The Labute approximate surface area is 68.0 Å². The molecule has 0 aromatic rings. The number of carbonyl (C=O) groups is 1. The van der Waals surface area contributed by atoms with Crippen LogP contribution in [-0.4, -0.2) is 57.4 Å². The minimum Gasteiger partial charge on any atom is -0.455 e. The number of aliphatic hydroxyl groups is 4. The van der Waals surface area contributed by atoms with Gasteiger partial charge in [-0.1, -0.05) is 0 Å². The van der Waals surface area contributed by atoms with Crippen molar-refractivity contribution in [2.24, 2.45) is 0 Å². The third kappa shape index (κ3) is 1.42. The summed E-state index contributed by atoms with van der Waals surface area (Å²) in [4.78, 5) is 10.7. The van der Waals surface area contributed by atoms with E-state index in [9.17, 15) is 4.79 Å².